The zero-order valence-corrected chi connectivity index (χ0v) is 14.5. The van der Waals surface area contributed by atoms with Gasteiger partial charge in [0.05, 0.1) is 30.8 Å². The van der Waals surface area contributed by atoms with E-state index in [9.17, 15) is 8.42 Å². The number of methoxy groups -OCH3 is 2. The summed E-state index contributed by atoms with van der Waals surface area (Å²) in [6, 6.07) is 11.4. The van der Waals surface area contributed by atoms with Gasteiger partial charge in [0.25, 0.3) is 10.0 Å². The number of sulfonamides is 1. The van der Waals surface area contributed by atoms with Crippen LogP contribution in [-0.2, 0) is 10.0 Å². The van der Waals surface area contributed by atoms with Crippen LogP contribution in [0.2, 0.25) is 0 Å². The van der Waals surface area contributed by atoms with Crippen LogP contribution in [-0.4, -0.2) is 35.3 Å². The highest BCUT2D eigenvalue weighted by Crippen LogP contribution is 2.38. The summed E-state index contributed by atoms with van der Waals surface area (Å²) in [5, 5.41) is 0. The van der Waals surface area contributed by atoms with Crippen molar-refractivity contribution in [3.63, 3.8) is 0 Å². The fourth-order valence-electron chi connectivity index (χ4n) is 2.73. The van der Waals surface area contributed by atoms with Crippen LogP contribution in [0.5, 0.6) is 17.2 Å². The average Bonchev–Trinajstić information content (AvgIpc) is 2.60. The van der Waals surface area contributed by atoms with Crippen LogP contribution in [0.3, 0.4) is 0 Å². The zero-order chi connectivity index (χ0) is 17.3. The number of ether oxygens (including phenoxy) is 3. The molecule has 2 aromatic carbocycles. The van der Waals surface area contributed by atoms with Gasteiger partial charge in [0.15, 0.2) is 11.5 Å². The molecule has 1 heterocycles. The fourth-order valence-corrected chi connectivity index (χ4v) is 4.40. The van der Waals surface area contributed by atoms with E-state index in [1.165, 1.54) is 30.7 Å². The Kier molecular flexibility index (Phi) is 4.28. The topological polar surface area (TPSA) is 65.1 Å². The first-order valence-electron chi connectivity index (χ1n) is 7.47. The van der Waals surface area contributed by atoms with Crippen LogP contribution in [0.25, 0.3) is 0 Å². The quantitative estimate of drug-likeness (QED) is 0.849. The number of nitrogens with zero attached hydrogens (tertiary/aromatic N) is 1. The molecular formula is C17H19NO5S. The Morgan fingerprint density at radius 2 is 1.79 bits per heavy atom. The molecule has 1 aliphatic rings. The molecule has 128 valence electrons. The van der Waals surface area contributed by atoms with Gasteiger partial charge in [-0.05, 0) is 31.2 Å². The lowest BCUT2D eigenvalue weighted by molar-refractivity contribution is 0.281. The van der Waals surface area contributed by atoms with Crippen LogP contribution in [0.4, 0.5) is 5.69 Å². The van der Waals surface area contributed by atoms with Gasteiger partial charge >= 0.3 is 0 Å². The predicted octanol–water partition coefficient (Wildman–Crippen LogP) is 2.68. The van der Waals surface area contributed by atoms with E-state index in [-0.39, 0.29) is 10.9 Å². The van der Waals surface area contributed by atoms with Gasteiger partial charge in [0, 0.05) is 6.07 Å². The number of fused-ring (bicyclic) bond motifs is 1. The van der Waals surface area contributed by atoms with E-state index in [2.05, 4.69) is 0 Å². The minimum atomic E-state index is -3.76. The molecule has 0 saturated heterocycles. The summed E-state index contributed by atoms with van der Waals surface area (Å²) in [6.45, 7) is 2.11. The molecule has 0 radical (unpaired) electrons. The smallest absolute Gasteiger partial charge is 0.264 e. The van der Waals surface area contributed by atoms with E-state index in [0.717, 1.165) is 0 Å². The van der Waals surface area contributed by atoms with Crippen LogP contribution in [0.15, 0.2) is 47.4 Å². The molecule has 0 aromatic heterocycles. The summed E-state index contributed by atoms with van der Waals surface area (Å²) in [7, 11) is -0.785. The maximum atomic E-state index is 13.2. The van der Waals surface area contributed by atoms with E-state index >= 15 is 0 Å². The number of anilines is 1. The van der Waals surface area contributed by atoms with Crippen molar-refractivity contribution in [3.8, 4) is 17.2 Å². The van der Waals surface area contributed by atoms with E-state index < -0.39 is 10.0 Å². The van der Waals surface area contributed by atoms with E-state index in [1.807, 2.05) is 13.0 Å². The second kappa shape index (κ2) is 6.24. The van der Waals surface area contributed by atoms with Gasteiger partial charge in [0.2, 0.25) is 0 Å². The van der Waals surface area contributed by atoms with Crippen LogP contribution in [0, 0.1) is 0 Å². The monoisotopic (exact) mass is 349 g/mol. The maximum Gasteiger partial charge on any atom is 0.264 e. The van der Waals surface area contributed by atoms with Gasteiger partial charge in [-0.15, -0.1) is 0 Å². The zero-order valence-electron chi connectivity index (χ0n) is 13.7. The predicted molar refractivity (Wildman–Crippen MR) is 90.6 cm³/mol. The van der Waals surface area contributed by atoms with Crippen LogP contribution in [0.1, 0.15) is 6.92 Å². The van der Waals surface area contributed by atoms with Crippen molar-refractivity contribution in [1.29, 1.82) is 0 Å². The molecular weight excluding hydrogens is 330 g/mol. The van der Waals surface area contributed by atoms with Crippen molar-refractivity contribution in [2.75, 3.05) is 25.1 Å². The minimum absolute atomic E-state index is 0.142. The fraction of sp³-hybridized carbons (Fsp3) is 0.294. The lowest BCUT2D eigenvalue weighted by Gasteiger charge is -2.35. The molecule has 24 heavy (non-hydrogen) atoms. The Morgan fingerprint density at radius 1 is 1.08 bits per heavy atom. The lowest BCUT2D eigenvalue weighted by atomic mass is 10.2. The Bertz CT molecular complexity index is 850. The molecule has 0 saturated carbocycles. The van der Waals surface area contributed by atoms with Crippen molar-refractivity contribution in [1.82, 2.24) is 0 Å². The Hall–Kier alpha value is -2.41. The summed E-state index contributed by atoms with van der Waals surface area (Å²) in [5.41, 5.74) is 0.533. The first kappa shape index (κ1) is 16.4. The maximum absolute atomic E-state index is 13.2. The summed E-state index contributed by atoms with van der Waals surface area (Å²) in [6.07, 6.45) is 0. The molecule has 0 aliphatic carbocycles. The van der Waals surface area contributed by atoms with Gasteiger partial charge in [0.1, 0.15) is 12.4 Å². The summed E-state index contributed by atoms with van der Waals surface area (Å²) in [4.78, 5) is 0.142. The average molecular weight is 349 g/mol. The third-order valence-corrected chi connectivity index (χ3v) is 5.82. The number of hydrogen-bond donors (Lipinski definition) is 0. The molecule has 0 amide bonds. The minimum Gasteiger partial charge on any atom is -0.493 e. The second-order valence-electron chi connectivity index (χ2n) is 5.45. The van der Waals surface area contributed by atoms with Gasteiger partial charge in [-0.25, -0.2) is 8.42 Å². The first-order valence-corrected chi connectivity index (χ1v) is 8.91. The molecule has 1 unspecified atom stereocenters. The summed E-state index contributed by atoms with van der Waals surface area (Å²) >= 11 is 0. The van der Waals surface area contributed by atoms with Crippen LogP contribution >= 0.6 is 0 Å². The summed E-state index contributed by atoms with van der Waals surface area (Å²) < 4.78 is 43.8. The molecule has 1 atom stereocenters. The Morgan fingerprint density at radius 3 is 2.50 bits per heavy atom. The van der Waals surface area contributed by atoms with Gasteiger partial charge < -0.3 is 14.2 Å². The van der Waals surface area contributed by atoms with Gasteiger partial charge in [-0.1, -0.05) is 12.1 Å². The molecule has 0 fully saturated rings. The van der Waals surface area contributed by atoms with Crippen molar-refractivity contribution in [2.24, 2.45) is 0 Å². The molecule has 7 heteroatoms. The number of rotatable bonds is 4. The Labute approximate surface area is 141 Å². The molecule has 3 rings (SSSR count). The molecule has 2 aromatic rings. The van der Waals surface area contributed by atoms with E-state index in [4.69, 9.17) is 14.2 Å². The third-order valence-electron chi connectivity index (χ3n) is 3.89. The highest BCUT2D eigenvalue weighted by Gasteiger charge is 2.35. The number of para-hydroxylation sites is 2. The lowest BCUT2D eigenvalue weighted by Crippen LogP contribution is -2.44. The number of hydrogen-bond acceptors (Lipinski definition) is 5. The Balaban J connectivity index is 2.11. The van der Waals surface area contributed by atoms with E-state index in [0.29, 0.717) is 29.5 Å². The highest BCUT2D eigenvalue weighted by atomic mass is 32.2. The van der Waals surface area contributed by atoms with Crippen molar-refractivity contribution >= 4 is 15.7 Å². The normalized spacial score (nSPS) is 17.0. The van der Waals surface area contributed by atoms with Crippen LogP contribution < -0.4 is 18.5 Å². The van der Waals surface area contributed by atoms with Crippen molar-refractivity contribution < 1.29 is 22.6 Å². The number of benzene rings is 2. The molecule has 6 nitrogen and oxygen atoms in total. The summed E-state index contributed by atoms with van der Waals surface area (Å²) in [5.74, 6) is 1.40. The molecule has 1 aliphatic heterocycles. The standard InChI is InChI=1S/C17H19NO5S/c1-12-11-23-15-7-5-4-6-14(15)18(12)24(19,20)13-8-9-16(21-2)17(10-13)22-3/h4-10,12H,11H2,1-3H3. The van der Waals surface area contributed by atoms with Gasteiger partial charge in [-0.3, -0.25) is 4.31 Å². The molecule has 0 bridgehead atoms. The van der Waals surface area contributed by atoms with Gasteiger partial charge in [-0.2, -0.15) is 0 Å². The highest BCUT2D eigenvalue weighted by molar-refractivity contribution is 7.92. The SMILES string of the molecule is COc1ccc(S(=O)(=O)N2c3ccccc3OCC2C)cc1OC. The van der Waals surface area contributed by atoms with E-state index in [1.54, 1.807) is 24.3 Å². The molecule has 0 N–H and O–H groups in total. The first-order chi connectivity index (χ1) is 11.5. The van der Waals surface area contributed by atoms with Crippen molar-refractivity contribution in [2.45, 2.75) is 17.9 Å². The largest absolute Gasteiger partial charge is 0.493 e. The molecule has 0 spiro atoms. The second-order valence-corrected chi connectivity index (χ2v) is 7.26. The van der Waals surface area contributed by atoms with Crippen molar-refractivity contribution in [3.05, 3.63) is 42.5 Å². The third kappa shape index (κ3) is 2.65.